The van der Waals surface area contributed by atoms with Crippen molar-refractivity contribution in [3.63, 3.8) is 0 Å². The van der Waals surface area contributed by atoms with Gasteiger partial charge in [0.2, 0.25) is 5.91 Å². The van der Waals surface area contributed by atoms with E-state index in [2.05, 4.69) is 24.2 Å². The number of amides is 1. The minimum Gasteiger partial charge on any atom is -0.345 e. The summed E-state index contributed by atoms with van der Waals surface area (Å²) in [5.74, 6) is 0.280. The molecule has 2 rings (SSSR count). The van der Waals surface area contributed by atoms with Crippen LogP contribution in [0.4, 0.5) is 0 Å². The Balaban J connectivity index is 2.09. The normalized spacial score (nSPS) is 32.9. The van der Waals surface area contributed by atoms with Crippen LogP contribution in [0.5, 0.6) is 0 Å². The molecule has 4 nitrogen and oxygen atoms in total. The summed E-state index contributed by atoms with van der Waals surface area (Å²) in [5, 5.41) is 3.43. The monoisotopic (exact) mass is 267 g/mol. The van der Waals surface area contributed by atoms with Crippen molar-refractivity contribution < 1.29 is 4.79 Å². The maximum Gasteiger partial charge on any atom is 0.239 e. The Morgan fingerprint density at radius 2 is 1.95 bits per heavy atom. The number of hydrogen-bond donors (Lipinski definition) is 1. The predicted molar refractivity (Wildman–Crippen MR) is 78.1 cm³/mol. The van der Waals surface area contributed by atoms with E-state index in [9.17, 15) is 4.79 Å². The van der Waals surface area contributed by atoms with Crippen molar-refractivity contribution in [2.75, 3.05) is 20.6 Å². The number of fused-ring (bicyclic) bond motifs is 2. The van der Waals surface area contributed by atoms with Crippen LogP contribution in [0.2, 0.25) is 0 Å². The van der Waals surface area contributed by atoms with Gasteiger partial charge in [0, 0.05) is 31.7 Å². The molecule has 0 aromatic rings. The topological polar surface area (TPSA) is 35.6 Å². The summed E-state index contributed by atoms with van der Waals surface area (Å²) in [6.07, 6.45) is 6.22. The van der Waals surface area contributed by atoms with Gasteiger partial charge in [-0.15, -0.1) is 0 Å². The van der Waals surface area contributed by atoms with Crippen LogP contribution < -0.4 is 5.32 Å². The van der Waals surface area contributed by atoms with E-state index in [1.807, 2.05) is 18.9 Å². The molecular weight excluding hydrogens is 238 g/mol. The first kappa shape index (κ1) is 14.8. The van der Waals surface area contributed by atoms with E-state index in [-0.39, 0.29) is 11.9 Å². The zero-order chi connectivity index (χ0) is 14.0. The molecule has 2 aliphatic rings. The zero-order valence-electron chi connectivity index (χ0n) is 12.9. The number of carbonyl (C=O) groups is 1. The molecule has 3 atom stereocenters. The molecule has 19 heavy (non-hydrogen) atoms. The Kier molecular flexibility index (Phi) is 4.85. The summed E-state index contributed by atoms with van der Waals surface area (Å²) in [4.78, 5) is 16.8. The van der Waals surface area contributed by atoms with Crippen molar-refractivity contribution in [2.24, 2.45) is 0 Å². The molecule has 1 amide bonds. The lowest BCUT2D eigenvalue weighted by Gasteiger charge is -2.51. The maximum atomic E-state index is 12.4. The van der Waals surface area contributed by atoms with Gasteiger partial charge in [-0.25, -0.2) is 0 Å². The number of likely N-dealkylation sites (N-methyl/N-ethyl adjacent to an activating group) is 1. The van der Waals surface area contributed by atoms with Gasteiger partial charge in [0.25, 0.3) is 0 Å². The van der Waals surface area contributed by atoms with Crippen LogP contribution in [-0.2, 0) is 4.79 Å². The van der Waals surface area contributed by atoms with Crippen LogP contribution in [0.25, 0.3) is 0 Å². The molecule has 2 bridgehead atoms. The smallest absolute Gasteiger partial charge is 0.239 e. The molecule has 0 radical (unpaired) electrons. The third-order valence-corrected chi connectivity index (χ3v) is 5.09. The standard InChI is InChI=1S/C15H29N3O/c1-5-17(4)15(19)11(2)18-13-7-6-8-14(18)10-12(9-13)16-3/h11-14,16H,5-10H2,1-4H3. The molecular formula is C15H29N3O. The zero-order valence-corrected chi connectivity index (χ0v) is 12.9. The van der Waals surface area contributed by atoms with Crippen LogP contribution in [0, 0.1) is 0 Å². The number of hydrogen-bond acceptors (Lipinski definition) is 3. The van der Waals surface area contributed by atoms with Crippen molar-refractivity contribution in [1.82, 2.24) is 15.1 Å². The summed E-state index contributed by atoms with van der Waals surface area (Å²) >= 11 is 0. The summed E-state index contributed by atoms with van der Waals surface area (Å²) in [7, 11) is 3.98. The Hall–Kier alpha value is -0.610. The first-order valence-electron chi connectivity index (χ1n) is 7.78. The fourth-order valence-corrected chi connectivity index (χ4v) is 3.89. The van der Waals surface area contributed by atoms with Crippen LogP contribution in [0.1, 0.15) is 46.0 Å². The SMILES string of the molecule is CCN(C)C(=O)C(C)N1C2CCCC1CC(NC)C2. The van der Waals surface area contributed by atoms with Crippen LogP contribution in [0.3, 0.4) is 0 Å². The number of piperidine rings is 2. The lowest BCUT2D eigenvalue weighted by Crippen LogP contribution is -2.61. The second kappa shape index (κ2) is 6.23. The van der Waals surface area contributed by atoms with E-state index in [1.165, 1.54) is 32.1 Å². The number of rotatable bonds is 4. The Labute approximate surface area is 117 Å². The van der Waals surface area contributed by atoms with Gasteiger partial charge in [-0.1, -0.05) is 6.42 Å². The lowest BCUT2D eigenvalue weighted by atomic mass is 9.80. The average Bonchev–Trinajstić information content (AvgIpc) is 2.43. The van der Waals surface area contributed by atoms with E-state index in [4.69, 9.17) is 0 Å². The molecule has 0 spiro atoms. The van der Waals surface area contributed by atoms with Gasteiger partial charge in [-0.2, -0.15) is 0 Å². The quantitative estimate of drug-likeness (QED) is 0.837. The second-order valence-electron chi connectivity index (χ2n) is 6.17. The molecule has 2 aliphatic heterocycles. The highest BCUT2D eigenvalue weighted by Gasteiger charge is 2.42. The van der Waals surface area contributed by atoms with Crippen LogP contribution >= 0.6 is 0 Å². The maximum absolute atomic E-state index is 12.4. The lowest BCUT2D eigenvalue weighted by molar-refractivity contribution is -0.139. The van der Waals surface area contributed by atoms with Gasteiger partial charge in [0.05, 0.1) is 6.04 Å². The van der Waals surface area contributed by atoms with Crippen molar-refractivity contribution in [2.45, 2.75) is 70.1 Å². The minimum atomic E-state index is 0.0399. The van der Waals surface area contributed by atoms with Gasteiger partial charge in [-0.3, -0.25) is 9.69 Å². The van der Waals surface area contributed by atoms with Gasteiger partial charge < -0.3 is 10.2 Å². The van der Waals surface area contributed by atoms with Crippen molar-refractivity contribution in [1.29, 1.82) is 0 Å². The second-order valence-corrected chi connectivity index (χ2v) is 6.17. The molecule has 0 saturated carbocycles. The highest BCUT2D eigenvalue weighted by molar-refractivity contribution is 5.81. The first-order chi connectivity index (χ1) is 9.08. The molecule has 1 N–H and O–H groups in total. The molecule has 2 heterocycles. The van der Waals surface area contributed by atoms with Crippen molar-refractivity contribution in [3.8, 4) is 0 Å². The van der Waals surface area contributed by atoms with E-state index < -0.39 is 0 Å². The third-order valence-electron chi connectivity index (χ3n) is 5.09. The summed E-state index contributed by atoms with van der Waals surface area (Å²) in [6, 6.07) is 1.86. The molecule has 110 valence electrons. The minimum absolute atomic E-state index is 0.0399. The van der Waals surface area contributed by atoms with Crippen LogP contribution in [-0.4, -0.2) is 60.5 Å². The highest BCUT2D eigenvalue weighted by atomic mass is 16.2. The summed E-state index contributed by atoms with van der Waals surface area (Å²) in [6.45, 7) is 4.93. The highest BCUT2D eigenvalue weighted by Crippen LogP contribution is 2.35. The Morgan fingerprint density at radius 1 is 1.37 bits per heavy atom. The van der Waals surface area contributed by atoms with Gasteiger partial charge in [0.1, 0.15) is 0 Å². The van der Waals surface area contributed by atoms with E-state index in [0.717, 1.165) is 6.54 Å². The largest absolute Gasteiger partial charge is 0.345 e. The van der Waals surface area contributed by atoms with E-state index in [0.29, 0.717) is 18.1 Å². The summed E-state index contributed by atoms with van der Waals surface area (Å²) < 4.78 is 0. The fourth-order valence-electron chi connectivity index (χ4n) is 3.89. The predicted octanol–water partition coefficient (Wildman–Crippen LogP) is 1.46. The van der Waals surface area contributed by atoms with E-state index in [1.54, 1.807) is 0 Å². The average molecular weight is 267 g/mol. The molecule has 0 aromatic carbocycles. The first-order valence-corrected chi connectivity index (χ1v) is 7.78. The molecule has 0 aliphatic carbocycles. The molecule has 2 saturated heterocycles. The molecule has 0 aromatic heterocycles. The van der Waals surface area contributed by atoms with Crippen LogP contribution in [0.15, 0.2) is 0 Å². The Morgan fingerprint density at radius 3 is 2.42 bits per heavy atom. The summed E-state index contributed by atoms with van der Waals surface area (Å²) in [5.41, 5.74) is 0. The van der Waals surface area contributed by atoms with Crippen molar-refractivity contribution >= 4 is 5.91 Å². The van der Waals surface area contributed by atoms with Crippen molar-refractivity contribution in [3.05, 3.63) is 0 Å². The third kappa shape index (κ3) is 2.95. The van der Waals surface area contributed by atoms with Gasteiger partial charge >= 0.3 is 0 Å². The fraction of sp³-hybridized carbons (Fsp3) is 0.933. The molecule has 3 unspecified atom stereocenters. The molecule has 2 fully saturated rings. The number of nitrogens with zero attached hydrogens (tertiary/aromatic N) is 2. The van der Waals surface area contributed by atoms with Gasteiger partial charge in [-0.05, 0) is 46.6 Å². The Bertz CT molecular complexity index is 307. The van der Waals surface area contributed by atoms with Gasteiger partial charge in [0.15, 0.2) is 0 Å². The molecule has 4 heteroatoms. The number of carbonyl (C=O) groups excluding carboxylic acids is 1. The van der Waals surface area contributed by atoms with E-state index >= 15 is 0 Å². The number of nitrogens with one attached hydrogen (secondary N) is 1.